The fraction of sp³-hybridized carbons (Fsp3) is 0.933. The normalized spacial score (nSPS) is 14.2. The van der Waals surface area contributed by atoms with Gasteiger partial charge in [0.25, 0.3) is 0 Å². The Bertz CT molecular complexity index is 296. The van der Waals surface area contributed by atoms with Crippen LogP contribution in [0.3, 0.4) is 0 Å². The van der Waals surface area contributed by atoms with Crippen LogP contribution in [0.25, 0.3) is 0 Å². The topological polar surface area (TPSA) is 70.6 Å². The summed E-state index contributed by atoms with van der Waals surface area (Å²) in [5.41, 5.74) is -0.647. The van der Waals surface area contributed by atoms with E-state index in [2.05, 4.69) is 24.5 Å². The highest BCUT2D eigenvalue weighted by atomic mass is 16.6. The number of ether oxygens (including phenoxy) is 1. The molecule has 0 rings (SSSR count). The molecular weight excluding hydrogens is 256 g/mol. The van der Waals surface area contributed by atoms with Gasteiger partial charge in [-0.1, -0.05) is 27.7 Å². The lowest BCUT2D eigenvalue weighted by Crippen LogP contribution is -2.48. The Morgan fingerprint density at radius 2 is 1.75 bits per heavy atom. The molecule has 3 N–H and O–H groups in total. The third-order valence-corrected chi connectivity index (χ3v) is 2.90. The van der Waals surface area contributed by atoms with E-state index >= 15 is 0 Å². The van der Waals surface area contributed by atoms with Gasteiger partial charge in [-0.15, -0.1) is 0 Å². The van der Waals surface area contributed by atoms with Gasteiger partial charge in [-0.05, 0) is 26.7 Å². The van der Waals surface area contributed by atoms with Gasteiger partial charge < -0.3 is 20.5 Å². The van der Waals surface area contributed by atoms with Crippen LogP contribution in [0.1, 0.15) is 48.5 Å². The second-order valence-electron chi connectivity index (χ2n) is 7.45. The lowest BCUT2D eigenvalue weighted by molar-refractivity contribution is 0.0488. The van der Waals surface area contributed by atoms with Crippen LogP contribution in [0.5, 0.6) is 0 Å². The number of hydrogen-bond acceptors (Lipinski definition) is 4. The molecule has 20 heavy (non-hydrogen) atoms. The van der Waals surface area contributed by atoms with Crippen LogP contribution < -0.4 is 10.6 Å². The molecule has 0 fully saturated rings. The van der Waals surface area contributed by atoms with E-state index in [1.165, 1.54) is 0 Å². The van der Waals surface area contributed by atoms with Gasteiger partial charge in [0, 0.05) is 31.2 Å². The summed E-state index contributed by atoms with van der Waals surface area (Å²) in [6.07, 6.45) is -0.389. The molecule has 0 saturated carbocycles. The smallest absolute Gasteiger partial charge is 0.407 e. The van der Waals surface area contributed by atoms with E-state index in [1.54, 1.807) is 0 Å². The van der Waals surface area contributed by atoms with E-state index in [0.29, 0.717) is 19.0 Å². The van der Waals surface area contributed by atoms with Crippen LogP contribution >= 0.6 is 0 Å². The summed E-state index contributed by atoms with van der Waals surface area (Å²) >= 11 is 0. The highest BCUT2D eigenvalue weighted by Gasteiger charge is 2.22. The molecule has 0 radical (unpaired) electrons. The molecule has 0 aliphatic heterocycles. The molecule has 0 aromatic carbocycles. The van der Waals surface area contributed by atoms with Crippen molar-refractivity contribution < 1.29 is 14.6 Å². The highest BCUT2D eigenvalue weighted by Crippen LogP contribution is 2.12. The van der Waals surface area contributed by atoms with E-state index in [4.69, 9.17) is 4.74 Å². The summed E-state index contributed by atoms with van der Waals surface area (Å²) in [7, 11) is 0. The van der Waals surface area contributed by atoms with E-state index in [1.807, 2.05) is 34.6 Å². The zero-order valence-corrected chi connectivity index (χ0v) is 14.0. The molecule has 0 heterocycles. The van der Waals surface area contributed by atoms with Gasteiger partial charge in [0.1, 0.15) is 5.60 Å². The SMILES string of the molecule is CC(C)C(CNCC(C)(C)CO)NC(=O)OC(C)(C)C. The Labute approximate surface area is 123 Å². The number of nitrogens with one attached hydrogen (secondary N) is 2. The molecular formula is C15H32N2O3. The molecule has 0 aromatic rings. The summed E-state index contributed by atoms with van der Waals surface area (Å²) < 4.78 is 5.27. The van der Waals surface area contributed by atoms with Gasteiger partial charge in [0.2, 0.25) is 0 Å². The molecule has 0 aromatic heterocycles. The second kappa shape index (κ2) is 7.84. The number of carbonyl (C=O) groups excluding carboxylic acids is 1. The molecule has 5 nitrogen and oxygen atoms in total. The zero-order chi connectivity index (χ0) is 16.0. The van der Waals surface area contributed by atoms with Crippen LogP contribution in [0.4, 0.5) is 4.79 Å². The maximum Gasteiger partial charge on any atom is 0.407 e. The van der Waals surface area contributed by atoms with Crippen molar-refractivity contribution in [2.24, 2.45) is 11.3 Å². The Kier molecular flexibility index (Phi) is 7.52. The third kappa shape index (κ3) is 9.15. The van der Waals surface area contributed by atoms with Crippen molar-refractivity contribution in [1.82, 2.24) is 10.6 Å². The summed E-state index contributed by atoms with van der Waals surface area (Å²) in [4.78, 5) is 11.8. The molecule has 1 amide bonds. The lowest BCUT2D eigenvalue weighted by atomic mass is 9.94. The maximum atomic E-state index is 11.8. The summed E-state index contributed by atoms with van der Waals surface area (Å²) in [6, 6.07) is -0.000608. The Morgan fingerprint density at radius 3 is 2.15 bits per heavy atom. The van der Waals surface area contributed by atoms with Crippen molar-refractivity contribution in [3.05, 3.63) is 0 Å². The summed E-state index contributed by atoms with van der Waals surface area (Å²) in [6.45, 7) is 15.1. The quantitative estimate of drug-likeness (QED) is 0.671. The van der Waals surface area contributed by atoms with Crippen LogP contribution in [0, 0.1) is 11.3 Å². The first-order valence-electron chi connectivity index (χ1n) is 7.28. The van der Waals surface area contributed by atoms with Crippen LogP contribution in [0.15, 0.2) is 0 Å². The zero-order valence-electron chi connectivity index (χ0n) is 14.0. The fourth-order valence-corrected chi connectivity index (χ4v) is 1.53. The minimum absolute atomic E-state index is 0.000608. The monoisotopic (exact) mass is 288 g/mol. The van der Waals surface area contributed by atoms with Crippen molar-refractivity contribution in [2.45, 2.75) is 60.1 Å². The van der Waals surface area contributed by atoms with Gasteiger partial charge in [-0.25, -0.2) is 4.79 Å². The van der Waals surface area contributed by atoms with Gasteiger partial charge >= 0.3 is 6.09 Å². The number of aliphatic hydroxyl groups excluding tert-OH is 1. The summed E-state index contributed by atoms with van der Waals surface area (Å²) in [5, 5.41) is 15.4. The largest absolute Gasteiger partial charge is 0.444 e. The first kappa shape index (κ1) is 19.2. The fourth-order valence-electron chi connectivity index (χ4n) is 1.53. The number of amides is 1. The molecule has 0 bridgehead atoms. The molecule has 0 spiro atoms. The predicted molar refractivity (Wildman–Crippen MR) is 81.7 cm³/mol. The van der Waals surface area contributed by atoms with E-state index < -0.39 is 5.60 Å². The summed E-state index contributed by atoms with van der Waals surface area (Å²) in [5.74, 6) is 0.298. The number of rotatable bonds is 7. The van der Waals surface area contributed by atoms with Gasteiger partial charge in [0.05, 0.1) is 0 Å². The van der Waals surface area contributed by atoms with Gasteiger partial charge in [-0.3, -0.25) is 0 Å². The Morgan fingerprint density at radius 1 is 1.20 bits per heavy atom. The molecule has 5 heteroatoms. The molecule has 0 aliphatic rings. The first-order valence-corrected chi connectivity index (χ1v) is 7.28. The van der Waals surface area contributed by atoms with Crippen LogP contribution in [0.2, 0.25) is 0 Å². The van der Waals surface area contributed by atoms with Crippen molar-refractivity contribution in [1.29, 1.82) is 0 Å². The Hall–Kier alpha value is -0.810. The molecule has 120 valence electrons. The Balaban J connectivity index is 4.28. The van der Waals surface area contributed by atoms with Crippen LogP contribution in [-0.4, -0.2) is 42.5 Å². The third-order valence-electron chi connectivity index (χ3n) is 2.90. The average Bonchev–Trinajstić information content (AvgIpc) is 2.24. The van der Waals surface area contributed by atoms with Gasteiger partial charge in [0.15, 0.2) is 0 Å². The highest BCUT2D eigenvalue weighted by molar-refractivity contribution is 5.68. The van der Waals surface area contributed by atoms with E-state index in [-0.39, 0.29) is 24.2 Å². The number of carbonyl (C=O) groups is 1. The minimum Gasteiger partial charge on any atom is -0.444 e. The number of alkyl carbamates (subject to hydrolysis) is 1. The van der Waals surface area contributed by atoms with Crippen molar-refractivity contribution in [3.63, 3.8) is 0 Å². The van der Waals surface area contributed by atoms with E-state index in [0.717, 1.165) is 0 Å². The van der Waals surface area contributed by atoms with E-state index in [9.17, 15) is 9.90 Å². The maximum absolute atomic E-state index is 11.8. The molecule has 0 aliphatic carbocycles. The standard InChI is InChI=1S/C15H32N2O3/c1-11(2)12(8-16-9-15(6,7)10-18)17-13(19)20-14(3,4)5/h11-12,16,18H,8-10H2,1-7H3,(H,17,19). The first-order chi connectivity index (χ1) is 8.97. The second-order valence-corrected chi connectivity index (χ2v) is 7.45. The molecule has 0 saturated heterocycles. The van der Waals surface area contributed by atoms with Crippen molar-refractivity contribution in [3.8, 4) is 0 Å². The minimum atomic E-state index is -0.488. The number of aliphatic hydroxyl groups is 1. The van der Waals surface area contributed by atoms with Crippen molar-refractivity contribution >= 4 is 6.09 Å². The van der Waals surface area contributed by atoms with Crippen LogP contribution in [-0.2, 0) is 4.74 Å². The van der Waals surface area contributed by atoms with Crippen molar-refractivity contribution in [2.75, 3.05) is 19.7 Å². The number of hydrogen-bond donors (Lipinski definition) is 3. The van der Waals surface area contributed by atoms with Gasteiger partial charge in [-0.2, -0.15) is 0 Å². The predicted octanol–water partition coefficient (Wildman–Crippen LogP) is 2.14. The molecule has 1 unspecified atom stereocenters. The average molecular weight is 288 g/mol. The lowest BCUT2D eigenvalue weighted by Gasteiger charge is -2.28. The molecule has 1 atom stereocenters.